The fraction of sp³-hybridized carbons (Fsp3) is 0.636. The normalized spacial score (nSPS) is 11.1. The highest BCUT2D eigenvalue weighted by molar-refractivity contribution is 4.86. The third-order valence-electron chi connectivity index (χ3n) is 2.35. The largest absolute Gasteiger partial charge is 0.328 e. The van der Waals surface area contributed by atoms with Gasteiger partial charge in [0.2, 0.25) is 5.82 Å². The van der Waals surface area contributed by atoms with Crippen LogP contribution in [0.4, 0.5) is 4.39 Å². The van der Waals surface area contributed by atoms with E-state index in [0.717, 1.165) is 25.6 Å². The van der Waals surface area contributed by atoms with Gasteiger partial charge in [-0.05, 0) is 19.4 Å². The van der Waals surface area contributed by atoms with E-state index in [2.05, 4.69) is 19.2 Å². The lowest BCUT2D eigenvalue weighted by molar-refractivity contribution is 0.505. The fourth-order valence-corrected chi connectivity index (χ4v) is 1.45. The van der Waals surface area contributed by atoms with Crippen LogP contribution in [0.1, 0.15) is 26.7 Å². The highest BCUT2D eigenvalue weighted by atomic mass is 19.1. The predicted octanol–water partition coefficient (Wildman–Crippen LogP) is 0.454. The Morgan fingerprint density at radius 2 is 2.12 bits per heavy atom. The Bertz CT molecular complexity index is 465. The van der Waals surface area contributed by atoms with Gasteiger partial charge in [0, 0.05) is 12.6 Å². The van der Waals surface area contributed by atoms with Gasteiger partial charge in [0.25, 0.3) is 5.56 Å². The molecule has 0 unspecified atom stereocenters. The minimum Gasteiger partial charge on any atom is -0.315 e. The molecule has 1 aromatic heterocycles. The van der Waals surface area contributed by atoms with Gasteiger partial charge >= 0.3 is 5.69 Å². The average Bonchev–Trinajstić information content (AvgIpc) is 2.24. The molecule has 0 bridgehead atoms. The molecule has 0 atom stereocenters. The molecule has 0 fully saturated rings. The molecule has 1 aromatic rings. The number of H-pyrrole nitrogens is 1. The fourth-order valence-electron chi connectivity index (χ4n) is 1.45. The molecule has 0 saturated carbocycles. The van der Waals surface area contributed by atoms with Gasteiger partial charge in [-0.3, -0.25) is 14.3 Å². The summed E-state index contributed by atoms with van der Waals surface area (Å²) in [5.41, 5.74) is -1.53. The second-order valence-corrected chi connectivity index (χ2v) is 4.25. The molecule has 0 spiro atoms. The molecule has 2 N–H and O–H groups in total. The molecule has 0 saturated heterocycles. The summed E-state index contributed by atoms with van der Waals surface area (Å²) in [6.45, 7) is 5.38. The first-order chi connectivity index (χ1) is 8.00. The Hall–Kier alpha value is -1.43. The summed E-state index contributed by atoms with van der Waals surface area (Å²) in [6.07, 6.45) is 2.60. The van der Waals surface area contributed by atoms with E-state index in [1.54, 1.807) is 0 Å². The maximum absolute atomic E-state index is 12.9. The van der Waals surface area contributed by atoms with E-state index in [9.17, 15) is 14.0 Å². The van der Waals surface area contributed by atoms with E-state index >= 15 is 0 Å². The summed E-state index contributed by atoms with van der Waals surface area (Å²) < 4.78 is 14.1. The van der Waals surface area contributed by atoms with Crippen LogP contribution in [0, 0.1) is 5.82 Å². The lowest BCUT2D eigenvalue weighted by atomic mass is 10.3. The van der Waals surface area contributed by atoms with Crippen LogP contribution in [0.2, 0.25) is 0 Å². The topological polar surface area (TPSA) is 66.9 Å². The van der Waals surface area contributed by atoms with E-state index in [1.165, 1.54) is 4.57 Å². The molecule has 1 rings (SSSR count). The summed E-state index contributed by atoms with van der Waals surface area (Å²) in [6, 6.07) is 0.434. The highest BCUT2D eigenvalue weighted by Gasteiger charge is 2.03. The van der Waals surface area contributed by atoms with Gasteiger partial charge in [-0.2, -0.15) is 4.39 Å². The van der Waals surface area contributed by atoms with Gasteiger partial charge in [-0.1, -0.05) is 13.8 Å². The number of hydrogen-bond acceptors (Lipinski definition) is 3. The van der Waals surface area contributed by atoms with Crippen molar-refractivity contribution in [3.05, 3.63) is 32.9 Å². The summed E-state index contributed by atoms with van der Waals surface area (Å²) in [5, 5.41) is 3.25. The smallest absolute Gasteiger partial charge is 0.315 e. The number of nitrogens with zero attached hydrogens (tertiary/aromatic N) is 1. The molecule has 0 amide bonds. The molecule has 17 heavy (non-hydrogen) atoms. The van der Waals surface area contributed by atoms with Crippen molar-refractivity contribution in [2.24, 2.45) is 0 Å². The third-order valence-corrected chi connectivity index (χ3v) is 2.35. The molecule has 0 aliphatic heterocycles. The van der Waals surface area contributed by atoms with Crippen molar-refractivity contribution in [2.75, 3.05) is 6.54 Å². The van der Waals surface area contributed by atoms with Gasteiger partial charge in [0.15, 0.2) is 0 Å². The second-order valence-electron chi connectivity index (χ2n) is 4.25. The van der Waals surface area contributed by atoms with Gasteiger partial charge in [0.05, 0.1) is 6.20 Å². The minimum absolute atomic E-state index is 0.409. The molecule has 0 aliphatic rings. The number of nitrogens with one attached hydrogen (secondary N) is 2. The van der Waals surface area contributed by atoms with Crippen LogP contribution >= 0.6 is 0 Å². The first kappa shape index (κ1) is 13.6. The van der Waals surface area contributed by atoms with Crippen LogP contribution < -0.4 is 16.6 Å². The number of rotatable bonds is 6. The molecule has 0 radical (unpaired) electrons. The molecule has 1 heterocycles. The quantitative estimate of drug-likeness (QED) is 0.713. The first-order valence-corrected chi connectivity index (χ1v) is 5.73. The van der Waals surface area contributed by atoms with E-state index in [-0.39, 0.29) is 0 Å². The Kier molecular flexibility index (Phi) is 5.09. The van der Waals surface area contributed by atoms with Gasteiger partial charge in [-0.25, -0.2) is 4.79 Å². The van der Waals surface area contributed by atoms with Crippen LogP contribution in [0.15, 0.2) is 15.8 Å². The van der Waals surface area contributed by atoms with Crippen LogP contribution in [-0.2, 0) is 6.54 Å². The number of aryl methyl sites for hydroxylation is 1. The van der Waals surface area contributed by atoms with E-state index in [0.29, 0.717) is 12.6 Å². The average molecular weight is 243 g/mol. The maximum atomic E-state index is 12.9. The van der Waals surface area contributed by atoms with Crippen molar-refractivity contribution in [1.82, 2.24) is 14.9 Å². The predicted molar refractivity (Wildman–Crippen MR) is 63.7 cm³/mol. The SMILES string of the molecule is CC(C)NCCCCn1cc(F)c(=O)[nH]c1=O. The van der Waals surface area contributed by atoms with Gasteiger partial charge < -0.3 is 5.32 Å². The minimum atomic E-state index is -0.965. The Morgan fingerprint density at radius 3 is 2.76 bits per heavy atom. The van der Waals surface area contributed by atoms with Crippen molar-refractivity contribution >= 4 is 0 Å². The maximum Gasteiger partial charge on any atom is 0.328 e. The van der Waals surface area contributed by atoms with Crippen LogP contribution in [0.5, 0.6) is 0 Å². The van der Waals surface area contributed by atoms with Crippen molar-refractivity contribution in [2.45, 2.75) is 39.3 Å². The zero-order valence-electron chi connectivity index (χ0n) is 10.1. The van der Waals surface area contributed by atoms with Crippen molar-refractivity contribution in [3.8, 4) is 0 Å². The van der Waals surface area contributed by atoms with Crippen LogP contribution in [0.3, 0.4) is 0 Å². The Morgan fingerprint density at radius 1 is 1.41 bits per heavy atom. The zero-order chi connectivity index (χ0) is 12.8. The van der Waals surface area contributed by atoms with Crippen molar-refractivity contribution in [3.63, 3.8) is 0 Å². The molecule has 5 nitrogen and oxygen atoms in total. The summed E-state index contributed by atoms with van der Waals surface area (Å²) in [7, 11) is 0. The number of hydrogen-bond donors (Lipinski definition) is 2. The molecule has 96 valence electrons. The molecular weight excluding hydrogens is 225 g/mol. The Labute approximate surface area is 98.7 Å². The molecular formula is C11H18FN3O2. The lowest BCUT2D eigenvalue weighted by Crippen LogP contribution is -2.31. The van der Waals surface area contributed by atoms with Crippen molar-refractivity contribution < 1.29 is 4.39 Å². The Balaban J connectivity index is 2.45. The van der Waals surface area contributed by atoms with Gasteiger partial charge in [-0.15, -0.1) is 0 Å². The van der Waals surface area contributed by atoms with E-state index < -0.39 is 17.1 Å². The second kappa shape index (κ2) is 6.34. The van der Waals surface area contributed by atoms with E-state index in [4.69, 9.17) is 0 Å². The van der Waals surface area contributed by atoms with Crippen molar-refractivity contribution in [1.29, 1.82) is 0 Å². The van der Waals surface area contributed by atoms with Gasteiger partial charge in [0.1, 0.15) is 0 Å². The zero-order valence-corrected chi connectivity index (χ0v) is 10.1. The lowest BCUT2D eigenvalue weighted by Gasteiger charge is -2.08. The summed E-state index contributed by atoms with van der Waals surface area (Å²) in [4.78, 5) is 24.0. The van der Waals surface area contributed by atoms with Crippen LogP contribution in [0.25, 0.3) is 0 Å². The summed E-state index contributed by atoms with van der Waals surface area (Å²) in [5.74, 6) is -0.926. The van der Waals surface area contributed by atoms with Crippen LogP contribution in [-0.4, -0.2) is 22.1 Å². The third kappa shape index (κ3) is 4.52. The molecule has 0 aromatic carbocycles. The first-order valence-electron chi connectivity index (χ1n) is 5.73. The number of halogens is 1. The summed E-state index contributed by atoms with van der Waals surface area (Å²) >= 11 is 0. The molecule has 6 heteroatoms. The monoisotopic (exact) mass is 243 g/mol. The number of aromatic amines is 1. The number of unbranched alkanes of at least 4 members (excludes halogenated alkanes) is 1. The standard InChI is InChI=1S/C11H18FN3O2/c1-8(2)13-5-3-4-6-15-7-9(12)10(16)14-11(15)17/h7-8,13H,3-6H2,1-2H3,(H,14,16,17). The highest BCUT2D eigenvalue weighted by Crippen LogP contribution is 1.93. The van der Waals surface area contributed by atoms with E-state index in [1.807, 2.05) is 4.98 Å². The molecule has 0 aliphatic carbocycles. The number of aromatic nitrogens is 2.